The van der Waals surface area contributed by atoms with Crippen LogP contribution in [0.2, 0.25) is 0 Å². The van der Waals surface area contributed by atoms with Gasteiger partial charge in [-0.05, 0) is 32.9 Å². The van der Waals surface area contributed by atoms with Crippen LogP contribution in [-0.2, 0) is 21.8 Å². The van der Waals surface area contributed by atoms with E-state index in [9.17, 15) is 53.4 Å². The highest BCUT2D eigenvalue weighted by Gasteiger charge is 2.45. The number of piperidine rings is 1. The van der Waals surface area contributed by atoms with Gasteiger partial charge in [-0.25, -0.2) is 26.6 Å². The molecule has 0 saturated carbocycles. The van der Waals surface area contributed by atoms with Crippen LogP contribution >= 0.6 is 11.3 Å². The molecule has 21 heteroatoms. The molecule has 4 rings (SSSR count). The van der Waals surface area contributed by atoms with Crippen LogP contribution in [0.15, 0.2) is 21.4 Å². The molecule has 1 unspecified atom stereocenters. The lowest BCUT2D eigenvalue weighted by Gasteiger charge is -2.31. The minimum Gasteiger partial charge on any atom is -0.415 e. The van der Waals surface area contributed by atoms with E-state index in [2.05, 4.69) is 15.2 Å². The summed E-state index contributed by atoms with van der Waals surface area (Å²) >= 11 is 0.337. The van der Waals surface area contributed by atoms with Crippen LogP contribution in [0, 0.1) is 5.82 Å². The highest BCUT2D eigenvalue weighted by molar-refractivity contribution is 7.89. The van der Waals surface area contributed by atoms with E-state index in [0.29, 0.717) is 24.3 Å². The van der Waals surface area contributed by atoms with E-state index in [4.69, 9.17) is 4.42 Å². The lowest BCUT2D eigenvalue weighted by molar-refractivity contribution is -0.147. The summed E-state index contributed by atoms with van der Waals surface area (Å²) in [4.78, 5) is 15.8. The first-order chi connectivity index (χ1) is 20.4. The Balaban J connectivity index is 1.90. The zero-order valence-electron chi connectivity index (χ0n) is 23.1. The summed E-state index contributed by atoms with van der Waals surface area (Å²) in [7, 11) is -5.63. The van der Waals surface area contributed by atoms with Gasteiger partial charge in [-0.2, -0.15) is 31.1 Å². The second-order valence-corrected chi connectivity index (χ2v) is 13.2. The molecular weight excluding hydrogens is 673 g/mol. The summed E-state index contributed by atoms with van der Waals surface area (Å²) in [6.07, 6.45) is -12.5. The van der Waals surface area contributed by atoms with Crippen LogP contribution in [-0.4, -0.2) is 70.7 Å². The number of carbonyl (C=O) groups excluding carboxylic acids is 1. The lowest BCUT2D eigenvalue weighted by atomic mass is 10.0. The van der Waals surface area contributed by atoms with Gasteiger partial charge < -0.3 is 14.4 Å². The topological polar surface area (TPSA) is 139 Å². The van der Waals surface area contributed by atoms with E-state index in [0.717, 1.165) is 9.62 Å². The Labute approximate surface area is 252 Å². The maximum absolute atomic E-state index is 15.8. The van der Waals surface area contributed by atoms with Gasteiger partial charge in [0.1, 0.15) is 28.7 Å². The van der Waals surface area contributed by atoms with Gasteiger partial charge in [0.15, 0.2) is 5.01 Å². The number of hydrogen-bond donors (Lipinski definition) is 2. The zero-order chi connectivity index (χ0) is 33.9. The van der Waals surface area contributed by atoms with Crippen LogP contribution in [0.1, 0.15) is 55.6 Å². The van der Waals surface area contributed by atoms with Crippen molar-refractivity contribution in [2.45, 2.75) is 68.4 Å². The molecule has 1 fully saturated rings. The largest absolute Gasteiger partial charge is 0.420 e. The number of sulfonamides is 1. The van der Waals surface area contributed by atoms with Crippen LogP contribution in [0.3, 0.4) is 0 Å². The number of carbonyl (C=O) groups is 1. The van der Waals surface area contributed by atoms with Gasteiger partial charge in [0, 0.05) is 31.5 Å². The van der Waals surface area contributed by atoms with E-state index < -0.39 is 110 Å². The summed E-state index contributed by atoms with van der Waals surface area (Å²) in [5.74, 6) is -7.29. The third-order valence-electron chi connectivity index (χ3n) is 6.49. The molecule has 1 saturated heterocycles. The van der Waals surface area contributed by atoms with Crippen molar-refractivity contribution < 1.29 is 62.2 Å². The molecule has 1 aliphatic heterocycles. The molecule has 2 aromatic heterocycles. The Kier molecular flexibility index (Phi) is 8.83. The maximum atomic E-state index is 15.8. The quantitative estimate of drug-likeness (QED) is 0.316. The van der Waals surface area contributed by atoms with E-state index in [1.165, 1.54) is 13.8 Å². The van der Waals surface area contributed by atoms with E-state index >= 15 is 4.39 Å². The number of likely N-dealkylation sites (tertiary alicyclic amines) is 1. The normalized spacial score (nSPS) is 17.0. The van der Waals surface area contributed by atoms with Crippen molar-refractivity contribution in [3.05, 3.63) is 35.1 Å². The molecule has 1 amide bonds. The van der Waals surface area contributed by atoms with E-state index in [1.807, 2.05) is 0 Å². The van der Waals surface area contributed by atoms with Gasteiger partial charge >= 0.3 is 12.4 Å². The fraction of sp³-hybridized carbons (Fsp3) is 0.500. The number of aliphatic hydroxyl groups is 1. The van der Waals surface area contributed by atoms with Crippen molar-refractivity contribution in [2.24, 2.45) is 0 Å². The molecule has 2 N–H and O–H groups in total. The minimum absolute atomic E-state index is 0.209. The number of hydrogen-bond acceptors (Lipinski definition) is 9. The van der Waals surface area contributed by atoms with Crippen LogP contribution in [0.4, 0.5) is 39.5 Å². The van der Waals surface area contributed by atoms with E-state index in [-0.39, 0.29) is 17.0 Å². The number of thiazole rings is 1. The van der Waals surface area contributed by atoms with Crippen molar-refractivity contribution >= 4 is 27.3 Å². The molecule has 0 radical (unpaired) electrons. The van der Waals surface area contributed by atoms with Gasteiger partial charge in [0.2, 0.25) is 15.9 Å². The minimum atomic E-state index is -5.78. The molecule has 3 heterocycles. The Morgan fingerprint density at radius 1 is 1.11 bits per heavy atom. The van der Waals surface area contributed by atoms with Crippen LogP contribution < -0.4 is 4.72 Å². The molecule has 1 aromatic carbocycles. The smallest absolute Gasteiger partial charge is 0.415 e. The van der Waals surface area contributed by atoms with Crippen molar-refractivity contribution in [2.75, 3.05) is 13.1 Å². The summed E-state index contributed by atoms with van der Waals surface area (Å²) in [5.41, 5.74) is -5.91. The maximum Gasteiger partial charge on any atom is 0.420 e. The summed E-state index contributed by atoms with van der Waals surface area (Å²) in [6, 6.07) is -2.15. The number of nitrogens with zero attached hydrogens (tertiary/aromatic N) is 4. The number of aromatic nitrogens is 3. The number of rotatable bonds is 7. The Hall–Kier alpha value is -3.30. The van der Waals surface area contributed by atoms with Crippen LogP contribution in [0.25, 0.3) is 21.3 Å². The van der Waals surface area contributed by atoms with Crippen molar-refractivity contribution in [3.8, 4) is 21.3 Å². The first-order valence-corrected chi connectivity index (χ1v) is 15.0. The SMILES string of the molecule is CC(NS(=O)(=O)c1ccc(-c2sc(-c3nnc(C(C)(C)O)o3)nc2C(=O)N2CCC(F)(F)CC2)c(F)c1C(F)(F)F)C(F)(F)F. The first-order valence-electron chi connectivity index (χ1n) is 12.7. The number of nitrogens with one attached hydrogen (secondary N) is 1. The first kappa shape index (κ1) is 34.6. The van der Waals surface area contributed by atoms with Crippen LogP contribution in [0.5, 0.6) is 0 Å². The van der Waals surface area contributed by atoms with Crippen molar-refractivity contribution in [1.29, 1.82) is 0 Å². The fourth-order valence-corrected chi connectivity index (χ4v) is 6.51. The highest BCUT2D eigenvalue weighted by atomic mass is 32.2. The van der Waals surface area contributed by atoms with Crippen molar-refractivity contribution in [1.82, 2.24) is 24.8 Å². The van der Waals surface area contributed by atoms with Gasteiger partial charge in [-0.15, -0.1) is 21.5 Å². The number of amides is 1. The molecule has 0 spiro atoms. The predicted molar refractivity (Wildman–Crippen MR) is 137 cm³/mol. The number of halogens is 9. The third-order valence-corrected chi connectivity index (χ3v) is 9.15. The van der Waals surface area contributed by atoms with E-state index in [1.54, 1.807) is 0 Å². The predicted octanol–water partition coefficient (Wildman–Crippen LogP) is 5.35. The second-order valence-electron chi connectivity index (χ2n) is 10.5. The van der Waals surface area contributed by atoms with Gasteiger partial charge in [0.25, 0.3) is 17.7 Å². The number of benzene rings is 1. The fourth-order valence-electron chi connectivity index (χ4n) is 4.07. The molecule has 1 aliphatic rings. The third kappa shape index (κ3) is 7.25. The Bertz CT molecular complexity index is 1700. The number of alkyl halides is 8. The molecule has 10 nitrogen and oxygen atoms in total. The molecule has 3 aromatic rings. The summed E-state index contributed by atoms with van der Waals surface area (Å²) in [5, 5.41) is 17.0. The molecule has 45 heavy (non-hydrogen) atoms. The van der Waals surface area contributed by atoms with Gasteiger partial charge in [-0.3, -0.25) is 4.79 Å². The highest BCUT2D eigenvalue weighted by Crippen LogP contribution is 2.44. The van der Waals surface area contributed by atoms with Gasteiger partial charge in [0.05, 0.1) is 9.77 Å². The lowest BCUT2D eigenvalue weighted by Crippen LogP contribution is -2.43. The average Bonchev–Trinajstić information content (AvgIpc) is 3.54. The van der Waals surface area contributed by atoms with Crippen molar-refractivity contribution in [3.63, 3.8) is 0 Å². The molecular formula is C24H22F9N5O5S2. The molecule has 248 valence electrons. The average molecular weight is 696 g/mol. The standard InChI is InChI=1S/C24H22F9N5O5S2/c1-10(23(28,29)30)37-45(41,42)12-5-4-11(14(25)13(12)24(31,32)33)16-15(19(39)38-8-6-22(26,27)7-9-38)34-18(44-16)17-35-36-20(43-17)21(2,3)40/h4-5,10,37,40H,6-9H2,1-3H3. The molecule has 0 bridgehead atoms. The summed E-state index contributed by atoms with van der Waals surface area (Å²) < 4.78 is 156. The summed E-state index contributed by atoms with van der Waals surface area (Å²) in [6.45, 7) is 1.86. The molecule has 0 aliphatic carbocycles. The molecule has 1 atom stereocenters. The monoisotopic (exact) mass is 695 g/mol. The second kappa shape index (κ2) is 11.5. The zero-order valence-corrected chi connectivity index (χ0v) is 24.8. The van der Waals surface area contributed by atoms with Gasteiger partial charge in [-0.1, -0.05) is 0 Å². The Morgan fingerprint density at radius 3 is 2.22 bits per heavy atom. The Morgan fingerprint density at radius 2 is 1.71 bits per heavy atom.